The van der Waals surface area contributed by atoms with Crippen LogP contribution < -0.4 is 20.3 Å². The molecule has 1 saturated heterocycles. The number of aromatic nitrogens is 1. The van der Waals surface area contributed by atoms with Crippen LogP contribution in [0.1, 0.15) is 18.0 Å². The van der Waals surface area contributed by atoms with Gasteiger partial charge < -0.3 is 25.4 Å². The maximum atomic E-state index is 13.4. The smallest absolute Gasteiger partial charge is 0.327 e. The first-order valence-electron chi connectivity index (χ1n) is 12.9. The minimum atomic E-state index is -0.908. The van der Waals surface area contributed by atoms with Gasteiger partial charge in [0.25, 0.3) is 0 Å². The number of piperidine rings is 1. The second kappa shape index (κ2) is 10.7. The van der Waals surface area contributed by atoms with Crippen LogP contribution in [-0.2, 0) is 9.59 Å². The molecule has 0 spiro atoms. The van der Waals surface area contributed by atoms with Gasteiger partial charge in [0.15, 0.2) is 0 Å². The summed E-state index contributed by atoms with van der Waals surface area (Å²) in [6.07, 6.45) is 2.35. The Labute approximate surface area is 235 Å². The van der Waals surface area contributed by atoms with Crippen LogP contribution in [0.25, 0.3) is 0 Å². The molecule has 2 unspecified atom stereocenters. The average Bonchev–Trinajstić information content (AvgIpc) is 3.34. The normalized spacial score (nSPS) is 23.2. The van der Waals surface area contributed by atoms with Gasteiger partial charge in [-0.25, -0.2) is 9.78 Å². The number of aliphatic hydroxyl groups excluding tert-OH is 1. The molecule has 4 amide bonds. The number of aliphatic hydroxyl groups is 1. The minimum Gasteiger partial charge on any atom is -0.457 e. The highest BCUT2D eigenvalue weighted by Crippen LogP contribution is 2.50. The predicted octanol–water partition coefficient (Wildman–Crippen LogP) is 3.51. The fourth-order valence-electron chi connectivity index (χ4n) is 5.26. The van der Waals surface area contributed by atoms with E-state index in [1.807, 2.05) is 42.5 Å². The van der Waals surface area contributed by atoms with E-state index < -0.39 is 23.4 Å². The van der Waals surface area contributed by atoms with Gasteiger partial charge in [-0.15, -0.1) is 0 Å². The van der Waals surface area contributed by atoms with E-state index in [0.717, 1.165) is 5.56 Å². The fourth-order valence-corrected chi connectivity index (χ4v) is 6.50. The van der Waals surface area contributed by atoms with Crippen molar-refractivity contribution in [2.24, 2.45) is 0 Å². The Balaban J connectivity index is 1.19. The quantitative estimate of drug-likeness (QED) is 0.396. The van der Waals surface area contributed by atoms with E-state index in [1.165, 1.54) is 22.7 Å². The van der Waals surface area contributed by atoms with Gasteiger partial charge in [0.2, 0.25) is 11.8 Å². The number of benzene rings is 2. The van der Waals surface area contributed by atoms with Gasteiger partial charge in [-0.05, 0) is 55.0 Å². The third kappa shape index (κ3) is 4.78. The van der Waals surface area contributed by atoms with Crippen LogP contribution in [0, 0.1) is 0 Å². The van der Waals surface area contributed by atoms with Crippen molar-refractivity contribution in [3.05, 3.63) is 85.1 Å². The second-order valence-electron chi connectivity index (χ2n) is 9.72. The number of β-amino-alcohol motifs (C(OH)–C–C–N with tert-alkyl or cyclic N) is 1. The zero-order valence-corrected chi connectivity index (χ0v) is 22.2. The van der Waals surface area contributed by atoms with Crippen LogP contribution in [0.15, 0.2) is 84.5 Å². The van der Waals surface area contributed by atoms with E-state index in [2.05, 4.69) is 22.2 Å². The van der Waals surface area contributed by atoms with Crippen molar-refractivity contribution in [1.29, 1.82) is 0 Å². The third-order valence-corrected chi connectivity index (χ3v) is 8.52. The summed E-state index contributed by atoms with van der Waals surface area (Å²) in [5, 5.41) is 16.5. The number of urea groups is 1. The summed E-state index contributed by atoms with van der Waals surface area (Å²) in [6.45, 7) is 4.00. The number of thioether (sulfide) groups is 1. The van der Waals surface area contributed by atoms with Crippen LogP contribution in [0.3, 0.4) is 0 Å². The molecule has 1 fully saturated rings. The number of anilines is 2. The fraction of sp³-hybridized carbons (Fsp3) is 0.241. The molecule has 0 aliphatic carbocycles. The largest absolute Gasteiger partial charge is 0.457 e. The zero-order chi connectivity index (χ0) is 27.8. The van der Waals surface area contributed by atoms with Gasteiger partial charge in [0, 0.05) is 24.8 Å². The molecule has 3 N–H and O–H groups in total. The monoisotopic (exact) mass is 557 g/mol. The van der Waals surface area contributed by atoms with Gasteiger partial charge in [-0.1, -0.05) is 36.5 Å². The third-order valence-electron chi connectivity index (χ3n) is 7.23. The summed E-state index contributed by atoms with van der Waals surface area (Å²) in [5.41, 5.74) is 2.09. The highest BCUT2D eigenvalue weighted by molar-refractivity contribution is 8.01. The molecule has 3 aliphatic rings. The topological polar surface area (TPSA) is 124 Å². The van der Waals surface area contributed by atoms with E-state index in [9.17, 15) is 19.5 Å². The Hall–Kier alpha value is -4.35. The molecule has 4 atom stereocenters. The first kappa shape index (κ1) is 25.9. The zero-order valence-electron chi connectivity index (χ0n) is 21.4. The second-order valence-corrected chi connectivity index (χ2v) is 10.8. The SMILES string of the molecule is C=CC(=O)N1CC[C@@H](NC(=O)C2Sc3nccc4c3C2NC(=O)N4c2ccc(Oc3ccccc3)cc2)[C@H](O)C1. The van der Waals surface area contributed by atoms with Crippen LogP contribution in [-0.4, -0.2) is 63.3 Å². The molecule has 11 heteroatoms. The minimum absolute atomic E-state index is 0.115. The van der Waals surface area contributed by atoms with E-state index in [-0.39, 0.29) is 24.4 Å². The van der Waals surface area contributed by atoms with Gasteiger partial charge in [-0.3, -0.25) is 14.5 Å². The Morgan fingerprint density at radius 3 is 2.60 bits per heavy atom. The van der Waals surface area contributed by atoms with Crippen LogP contribution >= 0.6 is 11.8 Å². The number of carbonyl (C=O) groups excluding carboxylic acids is 3. The molecule has 0 bridgehead atoms. The number of nitrogens with zero attached hydrogens (tertiary/aromatic N) is 3. The van der Waals surface area contributed by atoms with Crippen molar-refractivity contribution < 1.29 is 24.2 Å². The highest BCUT2D eigenvalue weighted by atomic mass is 32.2. The number of para-hydroxylation sites is 1. The van der Waals surface area contributed by atoms with Crippen LogP contribution in [0.4, 0.5) is 16.2 Å². The van der Waals surface area contributed by atoms with Crippen molar-refractivity contribution in [3.8, 4) is 11.5 Å². The maximum absolute atomic E-state index is 13.4. The number of amides is 4. The number of likely N-dealkylation sites (tertiary alicyclic amines) is 1. The molecule has 4 heterocycles. The number of ether oxygens (including phenoxy) is 1. The lowest BCUT2D eigenvalue weighted by molar-refractivity contribution is -0.130. The predicted molar refractivity (Wildman–Crippen MR) is 150 cm³/mol. The summed E-state index contributed by atoms with van der Waals surface area (Å²) >= 11 is 1.29. The number of rotatable bonds is 6. The maximum Gasteiger partial charge on any atom is 0.327 e. The average molecular weight is 558 g/mol. The first-order valence-corrected chi connectivity index (χ1v) is 13.8. The van der Waals surface area contributed by atoms with E-state index in [4.69, 9.17) is 4.74 Å². The Morgan fingerprint density at radius 1 is 1.12 bits per heavy atom. The van der Waals surface area contributed by atoms with Crippen molar-refractivity contribution in [1.82, 2.24) is 20.5 Å². The number of nitrogens with one attached hydrogen (secondary N) is 2. The van der Waals surface area contributed by atoms with Gasteiger partial charge in [0.1, 0.15) is 21.8 Å². The molecule has 0 radical (unpaired) electrons. The number of pyridine rings is 1. The first-order chi connectivity index (χ1) is 19.4. The van der Waals surface area contributed by atoms with Crippen molar-refractivity contribution in [2.45, 2.75) is 34.9 Å². The molecular weight excluding hydrogens is 530 g/mol. The van der Waals surface area contributed by atoms with E-state index in [1.54, 1.807) is 29.3 Å². The molecule has 3 aliphatic heterocycles. The Kier molecular flexibility index (Phi) is 6.91. The van der Waals surface area contributed by atoms with Crippen molar-refractivity contribution in [2.75, 3.05) is 18.0 Å². The van der Waals surface area contributed by atoms with Gasteiger partial charge in [-0.2, -0.15) is 0 Å². The van der Waals surface area contributed by atoms with E-state index >= 15 is 0 Å². The van der Waals surface area contributed by atoms with Crippen LogP contribution in [0.2, 0.25) is 0 Å². The molecular formula is C29H27N5O5S. The number of hydrogen-bond donors (Lipinski definition) is 3. The lowest BCUT2D eigenvalue weighted by Crippen LogP contribution is -2.57. The molecule has 1 aromatic heterocycles. The van der Waals surface area contributed by atoms with Crippen molar-refractivity contribution in [3.63, 3.8) is 0 Å². The number of hydrogen-bond acceptors (Lipinski definition) is 7. The Morgan fingerprint density at radius 2 is 1.88 bits per heavy atom. The number of carbonyl (C=O) groups is 3. The summed E-state index contributed by atoms with van der Waals surface area (Å²) in [7, 11) is 0. The van der Waals surface area contributed by atoms with E-state index in [0.29, 0.717) is 40.9 Å². The highest BCUT2D eigenvalue weighted by Gasteiger charge is 2.47. The molecule has 3 aromatic rings. The van der Waals surface area contributed by atoms with Crippen LogP contribution in [0.5, 0.6) is 11.5 Å². The molecule has 204 valence electrons. The summed E-state index contributed by atoms with van der Waals surface area (Å²) in [5.74, 6) is 0.796. The molecule has 0 saturated carbocycles. The molecule has 6 rings (SSSR count). The summed E-state index contributed by atoms with van der Waals surface area (Å²) in [4.78, 5) is 46.3. The lowest BCUT2D eigenvalue weighted by Gasteiger charge is -2.37. The summed E-state index contributed by atoms with van der Waals surface area (Å²) in [6, 6.07) is 17.0. The molecule has 10 nitrogen and oxygen atoms in total. The van der Waals surface area contributed by atoms with Crippen molar-refractivity contribution >= 4 is 41.0 Å². The summed E-state index contributed by atoms with van der Waals surface area (Å²) < 4.78 is 5.88. The standard InChI is InChI=1S/C29H27N5O5S/c1-2-23(36)33-15-13-20(22(35)16-33)31-27(37)26-25-24-21(12-14-30-28(24)40-26)34(29(38)32-25)17-8-10-19(11-9-17)39-18-6-4-3-5-7-18/h2-12,14,20,22,25-26,35H,1,13,15-16H2,(H,31,37)(H,32,38)/t20-,22-,25?,26?/m1/s1. The Bertz CT molecular complexity index is 1470. The lowest BCUT2D eigenvalue weighted by atomic mass is 9.98. The van der Waals surface area contributed by atoms with Gasteiger partial charge in [0.05, 0.1) is 29.6 Å². The van der Waals surface area contributed by atoms with Gasteiger partial charge >= 0.3 is 6.03 Å². The molecule has 40 heavy (non-hydrogen) atoms. The molecule has 2 aromatic carbocycles.